The zero-order valence-electron chi connectivity index (χ0n) is 15.1. The summed E-state index contributed by atoms with van der Waals surface area (Å²) < 4.78 is 32.1. The lowest BCUT2D eigenvalue weighted by Crippen LogP contribution is -2.47. The maximum atomic E-state index is 12.7. The molecule has 0 bridgehead atoms. The van der Waals surface area contributed by atoms with Crippen LogP contribution in [0.3, 0.4) is 0 Å². The largest absolute Gasteiger partial charge is 0.359 e. The van der Waals surface area contributed by atoms with E-state index >= 15 is 0 Å². The number of rotatable bonds is 6. The molecule has 8 nitrogen and oxygen atoms in total. The fraction of sp³-hybridized carbons (Fsp3) is 0.263. The Morgan fingerprint density at radius 1 is 0.964 bits per heavy atom. The van der Waals surface area contributed by atoms with Crippen molar-refractivity contribution in [3.8, 4) is 0 Å². The van der Waals surface area contributed by atoms with Gasteiger partial charge in [-0.25, -0.2) is 8.42 Å². The number of sulfonamides is 1. The van der Waals surface area contributed by atoms with Gasteiger partial charge in [0.05, 0.1) is 18.0 Å². The molecule has 1 fully saturated rings. The van der Waals surface area contributed by atoms with Crippen LogP contribution in [0.25, 0.3) is 0 Å². The molecule has 0 unspecified atom stereocenters. The Morgan fingerprint density at radius 2 is 1.57 bits per heavy atom. The molecule has 2 aromatic rings. The Labute approximate surface area is 163 Å². The van der Waals surface area contributed by atoms with Crippen LogP contribution in [0.15, 0.2) is 65.6 Å². The summed E-state index contributed by atoms with van der Waals surface area (Å²) in [5, 5.41) is 4.95. The van der Waals surface area contributed by atoms with Crippen LogP contribution >= 0.6 is 0 Å². The van der Waals surface area contributed by atoms with Gasteiger partial charge in [-0.15, -0.1) is 0 Å². The number of nitrogens with one attached hydrogen (secondary N) is 2. The van der Waals surface area contributed by atoms with Crippen LogP contribution in [0.1, 0.15) is 5.56 Å². The summed E-state index contributed by atoms with van der Waals surface area (Å²) in [5.41, 5.74) is 0.864. The van der Waals surface area contributed by atoms with Gasteiger partial charge in [0, 0.05) is 13.1 Å². The predicted molar refractivity (Wildman–Crippen MR) is 101 cm³/mol. The van der Waals surface area contributed by atoms with Gasteiger partial charge in [-0.1, -0.05) is 48.5 Å². The van der Waals surface area contributed by atoms with Crippen molar-refractivity contribution < 1.29 is 22.7 Å². The minimum atomic E-state index is -3.75. The highest BCUT2D eigenvalue weighted by molar-refractivity contribution is 7.89. The highest BCUT2D eigenvalue weighted by Gasteiger charge is 2.36. The zero-order valence-corrected chi connectivity index (χ0v) is 15.9. The van der Waals surface area contributed by atoms with Gasteiger partial charge in [-0.3, -0.25) is 9.59 Å². The fourth-order valence-electron chi connectivity index (χ4n) is 2.79. The molecule has 0 spiro atoms. The van der Waals surface area contributed by atoms with E-state index in [1.165, 1.54) is 16.4 Å². The normalized spacial score (nSPS) is 17.2. The molecule has 9 heteroatoms. The van der Waals surface area contributed by atoms with Crippen LogP contribution in [-0.2, 0) is 30.9 Å². The predicted octanol–water partition coefficient (Wildman–Crippen LogP) is 0.466. The number of carbonyl (C=O) groups is 2. The second-order valence-electron chi connectivity index (χ2n) is 6.13. The van der Waals surface area contributed by atoms with Crippen molar-refractivity contribution in [2.24, 2.45) is 0 Å². The fourth-order valence-corrected chi connectivity index (χ4v) is 4.32. The smallest absolute Gasteiger partial charge is 0.309 e. The highest BCUT2D eigenvalue weighted by atomic mass is 32.2. The number of ether oxygens (including phenoxy) is 1. The van der Waals surface area contributed by atoms with Gasteiger partial charge < -0.3 is 15.4 Å². The lowest BCUT2D eigenvalue weighted by atomic mass is 10.2. The van der Waals surface area contributed by atoms with Crippen LogP contribution in [0.2, 0.25) is 0 Å². The van der Waals surface area contributed by atoms with E-state index in [9.17, 15) is 18.0 Å². The molecule has 1 heterocycles. The van der Waals surface area contributed by atoms with Crippen molar-refractivity contribution in [3.63, 3.8) is 0 Å². The van der Waals surface area contributed by atoms with Crippen molar-refractivity contribution in [3.05, 3.63) is 66.2 Å². The number of hydrogen-bond acceptors (Lipinski definition) is 5. The van der Waals surface area contributed by atoms with Crippen molar-refractivity contribution >= 4 is 21.8 Å². The molecule has 1 aliphatic rings. The van der Waals surface area contributed by atoms with Crippen molar-refractivity contribution in [2.45, 2.75) is 17.7 Å². The maximum absolute atomic E-state index is 12.7. The highest BCUT2D eigenvalue weighted by Crippen LogP contribution is 2.21. The van der Waals surface area contributed by atoms with Gasteiger partial charge >= 0.3 is 11.8 Å². The molecule has 2 N–H and O–H groups in total. The molecule has 1 atom stereocenters. The van der Waals surface area contributed by atoms with E-state index in [4.69, 9.17) is 4.74 Å². The first-order valence-corrected chi connectivity index (χ1v) is 10.2. The van der Waals surface area contributed by atoms with Crippen molar-refractivity contribution in [2.75, 3.05) is 19.7 Å². The zero-order chi connectivity index (χ0) is 20.0. The van der Waals surface area contributed by atoms with Crippen LogP contribution in [-0.4, -0.2) is 50.5 Å². The van der Waals surface area contributed by atoms with Crippen LogP contribution < -0.4 is 10.6 Å². The average molecular weight is 403 g/mol. The molecule has 0 aliphatic carbocycles. The van der Waals surface area contributed by atoms with E-state index in [2.05, 4.69) is 10.6 Å². The Morgan fingerprint density at radius 3 is 2.25 bits per heavy atom. The Kier molecular flexibility index (Phi) is 6.40. The molecular formula is C19H21N3O5S. The minimum absolute atomic E-state index is 0.121. The summed E-state index contributed by atoms with van der Waals surface area (Å²) in [6, 6.07) is 17.2. The van der Waals surface area contributed by atoms with Crippen molar-refractivity contribution in [1.29, 1.82) is 0 Å². The number of nitrogens with zero attached hydrogens (tertiary/aromatic N) is 1. The molecule has 3 rings (SSSR count). The quantitative estimate of drug-likeness (QED) is 0.682. The minimum Gasteiger partial charge on any atom is -0.359 e. The monoisotopic (exact) mass is 403 g/mol. The first-order chi connectivity index (χ1) is 13.5. The lowest BCUT2D eigenvalue weighted by Gasteiger charge is -2.22. The lowest BCUT2D eigenvalue weighted by molar-refractivity contribution is -0.139. The topological polar surface area (TPSA) is 105 Å². The standard InChI is InChI=1S/C19H21N3O5S/c23-18(20-13-15-7-3-1-4-8-15)19(24)21-14-17-22(11-12-27-17)28(25,26)16-9-5-2-6-10-16/h1-10,17H,11-14H2,(H,20,23)(H,21,24)/t17-/m0/s1. The summed E-state index contributed by atoms with van der Waals surface area (Å²) in [6.07, 6.45) is -0.865. The van der Waals surface area contributed by atoms with Gasteiger partial charge in [-0.05, 0) is 17.7 Å². The van der Waals surface area contributed by atoms with E-state index in [-0.39, 0.29) is 31.1 Å². The average Bonchev–Trinajstić information content (AvgIpc) is 3.21. The third-order valence-corrected chi connectivity index (χ3v) is 6.14. The molecule has 148 valence electrons. The van der Waals surface area contributed by atoms with Gasteiger partial charge in [0.25, 0.3) is 0 Å². The maximum Gasteiger partial charge on any atom is 0.309 e. The van der Waals surface area contributed by atoms with E-state index in [0.717, 1.165) is 5.56 Å². The second-order valence-corrected chi connectivity index (χ2v) is 8.02. The van der Waals surface area contributed by atoms with E-state index in [1.807, 2.05) is 30.3 Å². The summed E-state index contributed by atoms with van der Waals surface area (Å²) in [4.78, 5) is 24.1. The van der Waals surface area contributed by atoms with E-state index < -0.39 is 28.1 Å². The summed E-state index contributed by atoms with van der Waals surface area (Å²) in [7, 11) is -3.75. The molecule has 0 radical (unpaired) electrons. The number of benzene rings is 2. The third-order valence-electron chi connectivity index (χ3n) is 4.23. The van der Waals surface area contributed by atoms with Crippen molar-refractivity contribution in [1.82, 2.24) is 14.9 Å². The molecule has 2 aromatic carbocycles. The molecule has 1 saturated heterocycles. The van der Waals surface area contributed by atoms with E-state index in [1.54, 1.807) is 18.2 Å². The first kappa shape index (κ1) is 20.0. The Hall–Kier alpha value is -2.75. The summed E-state index contributed by atoms with van der Waals surface area (Å²) in [6.45, 7) is 0.496. The van der Waals surface area contributed by atoms with Gasteiger partial charge in [-0.2, -0.15) is 4.31 Å². The van der Waals surface area contributed by atoms with Gasteiger partial charge in [0.2, 0.25) is 10.0 Å². The van der Waals surface area contributed by atoms with Gasteiger partial charge in [0.1, 0.15) is 6.23 Å². The molecule has 0 aromatic heterocycles. The Balaban J connectivity index is 1.54. The van der Waals surface area contributed by atoms with Crippen LogP contribution in [0.4, 0.5) is 0 Å². The number of carbonyl (C=O) groups excluding carboxylic acids is 2. The molecule has 2 amide bonds. The Bertz CT molecular complexity index is 919. The summed E-state index contributed by atoms with van der Waals surface area (Å²) in [5.74, 6) is -1.64. The van der Waals surface area contributed by atoms with E-state index in [0.29, 0.717) is 0 Å². The van der Waals surface area contributed by atoms with Gasteiger partial charge in [0.15, 0.2) is 0 Å². The van der Waals surface area contributed by atoms with Crippen LogP contribution in [0, 0.1) is 0 Å². The van der Waals surface area contributed by atoms with Crippen LogP contribution in [0.5, 0.6) is 0 Å². The third kappa shape index (κ3) is 4.75. The number of amides is 2. The first-order valence-electron chi connectivity index (χ1n) is 8.77. The summed E-state index contributed by atoms with van der Waals surface area (Å²) >= 11 is 0. The SMILES string of the molecule is O=C(NCc1ccccc1)C(=O)NC[C@@H]1OCCN1S(=O)(=O)c1ccccc1. The number of hydrogen-bond donors (Lipinski definition) is 2. The molecule has 28 heavy (non-hydrogen) atoms. The molecule has 1 aliphatic heterocycles. The molecular weight excluding hydrogens is 382 g/mol. The molecule has 0 saturated carbocycles. The second kappa shape index (κ2) is 8.96.